The lowest BCUT2D eigenvalue weighted by molar-refractivity contribution is -0.146. The van der Waals surface area contributed by atoms with Gasteiger partial charge in [-0.3, -0.25) is 4.79 Å². The Morgan fingerprint density at radius 3 is 2.60 bits per heavy atom. The third-order valence-electron chi connectivity index (χ3n) is 3.25. The molecule has 0 spiro atoms. The number of rotatable bonds is 3. The minimum atomic E-state index is -0.135. The van der Waals surface area contributed by atoms with Gasteiger partial charge in [0.2, 0.25) is 0 Å². The van der Waals surface area contributed by atoms with Gasteiger partial charge >= 0.3 is 5.97 Å². The normalized spacial score (nSPS) is 25.5. The van der Waals surface area contributed by atoms with Crippen molar-refractivity contribution in [2.75, 3.05) is 13.7 Å². The number of carbonyl (C=O) groups is 1. The van der Waals surface area contributed by atoms with Gasteiger partial charge in [0.25, 0.3) is 0 Å². The van der Waals surface area contributed by atoms with Crippen molar-refractivity contribution in [3.63, 3.8) is 0 Å². The summed E-state index contributed by atoms with van der Waals surface area (Å²) in [5, 5.41) is 8.96. The van der Waals surface area contributed by atoms with E-state index in [0.29, 0.717) is 6.42 Å². The average Bonchev–Trinajstić information content (AvgIpc) is 2.61. The molecule has 0 saturated heterocycles. The van der Waals surface area contributed by atoms with Crippen LogP contribution in [-0.4, -0.2) is 24.8 Å². The zero-order valence-electron chi connectivity index (χ0n) is 9.75. The zero-order valence-corrected chi connectivity index (χ0v) is 9.75. The zero-order chi connectivity index (χ0) is 11.4. The topological polar surface area (TPSA) is 46.5 Å². The predicted octanol–water partition coefficient (Wildman–Crippen LogP) is 1.90. The Bertz CT molecular complexity index is 264. The van der Waals surface area contributed by atoms with E-state index in [1.807, 2.05) is 0 Å². The van der Waals surface area contributed by atoms with Crippen molar-refractivity contribution >= 4 is 5.97 Å². The van der Waals surface area contributed by atoms with Crippen LogP contribution in [0.2, 0.25) is 0 Å². The van der Waals surface area contributed by atoms with Crippen molar-refractivity contribution in [2.24, 2.45) is 11.8 Å². The molecule has 0 aromatic rings. The molecule has 86 valence electrons. The maximum absolute atomic E-state index is 11.5. The number of hydrogen-bond acceptors (Lipinski definition) is 3. The van der Waals surface area contributed by atoms with Crippen molar-refractivity contribution in [2.45, 2.75) is 33.1 Å². The summed E-state index contributed by atoms with van der Waals surface area (Å²) in [5.74, 6) is 0.0732. The molecule has 0 bridgehead atoms. The predicted molar refractivity (Wildman–Crippen MR) is 58.3 cm³/mol. The van der Waals surface area contributed by atoms with Crippen LogP contribution >= 0.6 is 0 Å². The van der Waals surface area contributed by atoms with Gasteiger partial charge in [-0.25, -0.2) is 0 Å². The highest BCUT2D eigenvalue weighted by Crippen LogP contribution is 2.39. The quantitative estimate of drug-likeness (QED) is 0.574. The van der Waals surface area contributed by atoms with Gasteiger partial charge in [-0.15, -0.1) is 0 Å². The van der Waals surface area contributed by atoms with E-state index in [-0.39, 0.29) is 24.4 Å². The van der Waals surface area contributed by atoms with Gasteiger partial charge in [-0.2, -0.15) is 0 Å². The molecule has 0 unspecified atom stereocenters. The Balaban J connectivity index is 2.76. The Kier molecular flexibility index (Phi) is 4.33. The van der Waals surface area contributed by atoms with E-state index in [0.717, 1.165) is 12.8 Å². The van der Waals surface area contributed by atoms with E-state index < -0.39 is 0 Å². The molecule has 0 radical (unpaired) electrons. The van der Waals surface area contributed by atoms with Crippen LogP contribution in [0.15, 0.2) is 11.1 Å². The second-order valence-corrected chi connectivity index (χ2v) is 4.41. The van der Waals surface area contributed by atoms with E-state index in [9.17, 15) is 4.79 Å². The van der Waals surface area contributed by atoms with Gasteiger partial charge in [-0.05, 0) is 39.0 Å². The smallest absolute Gasteiger partial charge is 0.309 e. The Labute approximate surface area is 91.1 Å². The maximum Gasteiger partial charge on any atom is 0.309 e. The highest BCUT2D eigenvalue weighted by Gasteiger charge is 2.36. The second-order valence-electron chi connectivity index (χ2n) is 4.41. The number of carbonyl (C=O) groups excluding carboxylic acids is 1. The number of aliphatic hydroxyl groups is 1. The van der Waals surface area contributed by atoms with Gasteiger partial charge in [-0.1, -0.05) is 11.1 Å². The molecular weight excluding hydrogens is 192 g/mol. The summed E-state index contributed by atoms with van der Waals surface area (Å²) in [4.78, 5) is 11.5. The molecule has 1 aliphatic rings. The van der Waals surface area contributed by atoms with Gasteiger partial charge in [0.1, 0.15) is 0 Å². The van der Waals surface area contributed by atoms with Crippen molar-refractivity contribution < 1.29 is 14.6 Å². The number of aliphatic hydroxyl groups excluding tert-OH is 1. The van der Waals surface area contributed by atoms with Crippen LogP contribution in [0.5, 0.6) is 0 Å². The molecule has 0 aromatic heterocycles. The lowest BCUT2D eigenvalue weighted by Gasteiger charge is -2.14. The summed E-state index contributed by atoms with van der Waals surface area (Å²) < 4.78 is 4.80. The van der Waals surface area contributed by atoms with E-state index in [1.54, 1.807) is 0 Å². The van der Waals surface area contributed by atoms with E-state index >= 15 is 0 Å². The molecule has 0 heterocycles. The minimum Gasteiger partial charge on any atom is -0.469 e. The molecule has 0 amide bonds. The highest BCUT2D eigenvalue weighted by molar-refractivity contribution is 5.73. The SMILES string of the molecule is COC(=O)[C@H]1CC(=C(C)C)C[C@H]1CCO. The van der Waals surface area contributed by atoms with Crippen molar-refractivity contribution in [1.82, 2.24) is 0 Å². The standard InChI is InChI=1S/C12H20O3/c1-8(2)10-6-9(4-5-13)11(7-10)12(14)15-3/h9,11,13H,4-7H2,1-3H3/t9-,11+/m1/s1. The van der Waals surface area contributed by atoms with Crippen LogP contribution < -0.4 is 0 Å². The first-order chi connectivity index (χ1) is 7.10. The minimum absolute atomic E-state index is 0.0490. The van der Waals surface area contributed by atoms with Gasteiger partial charge in [0.15, 0.2) is 0 Å². The van der Waals surface area contributed by atoms with Crippen LogP contribution in [0.1, 0.15) is 33.1 Å². The van der Waals surface area contributed by atoms with Crippen LogP contribution in [0.25, 0.3) is 0 Å². The number of ether oxygens (including phenoxy) is 1. The molecule has 1 saturated carbocycles. The molecule has 3 nitrogen and oxygen atoms in total. The molecule has 3 heteroatoms. The first-order valence-electron chi connectivity index (χ1n) is 5.44. The van der Waals surface area contributed by atoms with Gasteiger partial charge in [0, 0.05) is 6.61 Å². The summed E-state index contributed by atoms with van der Waals surface area (Å²) >= 11 is 0. The summed E-state index contributed by atoms with van der Waals surface area (Å²) in [6, 6.07) is 0. The molecule has 0 aliphatic heterocycles. The van der Waals surface area contributed by atoms with Crippen molar-refractivity contribution in [3.8, 4) is 0 Å². The summed E-state index contributed by atoms with van der Waals surface area (Å²) in [5.41, 5.74) is 2.65. The molecule has 15 heavy (non-hydrogen) atoms. The second kappa shape index (κ2) is 5.31. The number of allylic oxidation sites excluding steroid dienone is 2. The Hall–Kier alpha value is -0.830. The average molecular weight is 212 g/mol. The fraction of sp³-hybridized carbons (Fsp3) is 0.750. The lowest BCUT2D eigenvalue weighted by atomic mass is 9.93. The molecule has 1 aliphatic carbocycles. The van der Waals surface area contributed by atoms with Gasteiger partial charge < -0.3 is 9.84 Å². The molecule has 2 atom stereocenters. The fourth-order valence-corrected chi connectivity index (χ4v) is 2.28. The molecule has 1 fully saturated rings. The van der Waals surface area contributed by atoms with Crippen LogP contribution in [0.3, 0.4) is 0 Å². The number of esters is 1. The number of hydrogen-bond donors (Lipinski definition) is 1. The molecule has 0 aromatic carbocycles. The van der Waals surface area contributed by atoms with Crippen molar-refractivity contribution in [3.05, 3.63) is 11.1 Å². The molecule has 1 rings (SSSR count). The third-order valence-corrected chi connectivity index (χ3v) is 3.25. The summed E-state index contributed by atoms with van der Waals surface area (Å²) in [7, 11) is 1.43. The summed E-state index contributed by atoms with van der Waals surface area (Å²) in [6.45, 7) is 4.30. The first-order valence-corrected chi connectivity index (χ1v) is 5.44. The van der Waals surface area contributed by atoms with Crippen LogP contribution in [0, 0.1) is 11.8 Å². The van der Waals surface area contributed by atoms with Gasteiger partial charge in [0.05, 0.1) is 13.0 Å². The fourth-order valence-electron chi connectivity index (χ4n) is 2.28. The van der Waals surface area contributed by atoms with E-state index in [2.05, 4.69) is 13.8 Å². The lowest BCUT2D eigenvalue weighted by Crippen LogP contribution is -2.20. The monoisotopic (exact) mass is 212 g/mol. The Morgan fingerprint density at radius 2 is 2.13 bits per heavy atom. The Morgan fingerprint density at radius 1 is 1.47 bits per heavy atom. The molecular formula is C12H20O3. The highest BCUT2D eigenvalue weighted by atomic mass is 16.5. The van der Waals surface area contributed by atoms with E-state index in [4.69, 9.17) is 9.84 Å². The van der Waals surface area contributed by atoms with Crippen molar-refractivity contribution in [1.29, 1.82) is 0 Å². The van der Waals surface area contributed by atoms with E-state index in [1.165, 1.54) is 18.3 Å². The first kappa shape index (κ1) is 12.2. The maximum atomic E-state index is 11.5. The number of methoxy groups -OCH3 is 1. The van der Waals surface area contributed by atoms with Crippen LogP contribution in [-0.2, 0) is 9.53 Å². The largest absolute Gasteiger partial charge is 0.469 e. The summed E-state index contributed by atoms with van der Waals surface area (Å²) in [6.07, 6.45) is 2.43. The molecule has 1 N–H and O–H groups in total. The van der Waals surface area contributed by atoms with Crippen LogP contribution in [0.4, 0.5) is 0 Å². The third kappa shape index (κ3) is 2.81.